The second-order valence-electron chi connectivity index (χ2n) is 8.02. The van der Waals surface area contributed by atoms with Crippen LogP contribution in [0, 0.1) is 29.6 Å². The second kappa shape index (κ2) is 7.11. The summed E-state index contributed by atoms with van der Waals surface area (Å²) in [5.41, 5.74) is 6.73. The fourth-order valence-corrected chi connectivity index (χ4v) is 6.07. The van der Waals surface area contributed by atoms with Crippen LogP contribution in [0.1, 0.15) is 47.0 Å². The summed E-state index contributed by atoms with van der Waals surface area (Å²) in [5.74, 6) is -2.58. The molecule has 3 N–H and O–H groups in total. The molecule has 1 fully saturated rings. The molecule has 5 rings (SSSR count). The molecule has 1 saturated carbocycles. The van der Waals surface area contributed by atoms with E-state index >= 15 is 0 Å². The van der Waals surface area contributed by atoms with Crippen LogP contribution in [0.4, 0.5) is 0 Å². The molecule has 0 unspecified atom stereocenters. The van der Waals surface area contributed by atoms with Gasteiger partial charge in [-0.3, -0.25) is 25.2 Å². The number of thiophene rings is 1. The van der Waals surface area contributed by atoms with Crippen molar-refractivity contribution in [3.05, 3.63) is 33.5 Å². The summed E-state index contributed by atoms with van der Waals surface area (Å²) in [4.78, 5) is 38.2. The van der Waals surface area contributed by atoms with Crippen molar-refractivity contribution in [3.63, 3.8) is 0 Å². The van der Waals surface area contributed by atoms with Gasteiger partial charge in [0.05, 0.1) is 17.4 Å². The fraction of sp³-hybridized carbons (Fsp3) is 0.550. The largest absolute Gasteiger partial charge is 0.481 e. The van der Waals surface area contributed by atoms with Crippen molar-refractivity contribution in [2.24, 2.45) is 29.6 Å². The average molecular weight is 388 g/mol. The first-order valence-corrected chi connectivity index (χ1v) is 10.4. The van der Waals surface area contributed by atoms with Gasteiger partial charge in [-0.25, -0.2) is 0 Å². The number of hydrazine groups is 1. The molecule has 0 saturated heterocycles. The molecule has 27 heavy (non-hydrogen) atoms. The molecule has 5 atom stereocenters. The maximum absolute atomic E-state index is 12.7. The van der Waals surface area contributed by atoms with Crippen LogP contribution in [0.5, 0.6) is 0 Å². The molecular weight excluding hydrogens is 364 g/mol. The third-order valence-electron chi connectivity index (χ3n) is 6.28. The lowest BCUT2D eigenvalue weighted by Crippen LogP contribution is -2.53. The van der Waals surface area contributed by atoms with E-state index in [4.69, 9.17) is 0 Å². The smallest absolute Gasteiger partial charge is 0.307 e. The van der Waals surface area contributed by atoms with Crippen LogP contribution in [0.15, 0.2) is 17.5 Å². The van der Waals surface area contributed by atoms with E-state index in [9.17, 15) is 19.5 Å². The van der Waals surface area contributed by atoms with Gasteiger partial charge in [0, 0.05) is 10.3 Å². The monoisotopic (exact) mass is 388 g/mol. The van der Waals surface area contributed by atoms with Gasteiger partial charge in [-0.15, -0.1) is 11.3 Å². The lowest BCUT2D eigenvalue weighted by atomic mass is 9.62. The van der Waals surface area contributed by atoms with Crippen LogP contribution in [-0.4, -0.2) is 22.9 Å². The van der Waals surface area contributed by atoms with Gasteiger partial charge in [-0.1, -0.05) is 19.1 Å². The number of aliphatic carboxylic acids is 1. The Bertz CT molecular complexity index is 815. The molecule has 0 radical (unpaired) electrons. The van der Waals surface area contributed by atoms with E-state index < -0.39 is 23.7 Å². The molecule has 6 nitrogen and oxygen atoms in total. The highest BCUT2D eigenvalue weighted by Crippen LogP contribution is 2.45. The maximum Gasteiger partial charge on any atom is 0.307 e. The van der Waals surface area contributed by atoms with Crippen molar-refractivity contribution >= 4 is 29.1 Å². The highest BCUT2D eigenvalue weighted by atomic mass is 32.1. The zero-order chi connectivity index (χ0) is 19.1. The normalized spacial score (nSPS) is 31.2. The highest BCUT2D eigenvalue weighted by Gasteiger charge is 2.48. The van der Waals surface area contributed by atoms with Crippen molar-refractivity contribution in [1.29, 1.82) is 0 Å². The maximum atomic E-state index is 12.7. The molecule has 2 bridgehead atoms. The van der Waals surface area contributed by atoms with E-state index in [1.54, 1.807) is 11.3 Å². The second-order valence-corrected chi connectivity index (χ2v) is 8.99. The Morgan fingerprint density at radius 1 is 1.07 bits per heavy atom. The van der Waals surface area contributed by atoms with Crippen molar-refractivity contribution in [3.8, 4) is 0 Å². The molecule has 0 spiro atoms. The molecule has 1 heterocycles. The minimum atomic E-state index is -0.943. The average Bonchev–Trinajstić information content (AvgIpc) is 3.08. The summed E-state index contributed by atoms with van der Waals surface area (Å²) < 4.78 is 0. The molecule has 1 aromatic rings. The Morgan fingerprint density at radius 3 is 2.44 bits per heavy atom. The topological polar surface area (TPSA) is 95.5 Å². The van der Waals surface area contributed by atoms with Crippen LogP contribution >= 0.6 is 11.3 Å². The summed E-state index contributed by atoms with van der Waals surface area (Å²) in [5, 5.41) is 11.4. The van der Waals surface area contributed by atoms with Crippen molar-refractivity contribution in [2.75, 3.05) is 0 Å². The first-order chi connectivity index (χ1) is 13.0. The van der Waals surface area contributed by atoms with Crippen LogP contribution in [-0.2, 0) is 22.4 Å². The zero-order valence-corrected chi connectivity index (χ0v) is 16.1. The summed E-state index contributed by atoms with van der Waals surface area (Å²) in [6, 6.07) is 0. The Kier molecular flexibility index (Phi) is 4.80. The number of nitrogens with one attached hydrogen (secondary N) is 2. The van der Waals surface area contributed by atoms with Gasteiger partial charge >= 0.3 is 5.97 Å². The van der Waals surface area contributed by atoms with Crippen LogP contribution < -0.4 is 10.9 Å². The fourth-order valence-electron chi connectivity index (χ4n) is 4.83. The molecule has 0 aromatic carbocycles. The molecule has 4 aliphatic carbocycles. The molecule has 2 amide bonds. The van der Waals surface area contributed by atoms with Crippen molar-refractivity contribution in [2.45, 2.75) is 39.0 Å². The van der Waals surface area contributed by atoms with Gasteiger partial charge in [-0.2, -0.15) is 0 Å². The van der Waals surface area contributed by atoms with Gasteiger partial charge in [0.1, 0.15) is 0 Å². The van der Waals surface area contributed by atoms with E-state index in [2.05, 4.69) is 17.8 Å². The van der Waals surface area contributed by atoms with Crippen molar-refractivity contribution < 1.29 is 19.5 Å². The number of amides is 2. The standard InChI is InChI=1S/C20H24N2O4S/c1-10-2-7-13-14(9-27-15(13)8-10)18(23)21-22-19(24)16-11-3-5-12(6-4-11)17(16)20(25)26/h3,5,9-12,16-17H,2,4,6-8H2,1H3,(H,21,23)(H,22,24)(H,25,26)/t10-,11+,12+,16+,17-/m1/s1. The lowest BCUT2D eigenvalue weighted by molar-refractivity contribution is -0.153. The minimum absolute atomic E-state index is 0.0802. The predicted octanol–water partition coefficient (Wildman–Crippen LogP) is 2.55. The molecule has 7 heteroatoms. The van der Waals surface area contributed by atoms with E-state index in [1.807, 2.05) is 17.5 Å². The molecule has 1 aromatic heterocycles. The third kappa shape index (κ3) is 3.29. The summed E-state index contributed by atoms with van der Waals surface area (Å²) >= 11 is 1.60. The van der Waals surface area contributed by atoms with E-state index in [-0.39, 0.29) is 17.7 Å². The minimum Gasteiger partial charge on any atom is -0.481 e. The van der Waals surface area contributed by atoms with E-state index in [1.165, 1.54) is 4.88 Å². The SMILES string of the molecule is C[C@@H]1CCc2c(C(=O)NNC(=O)[C@@H]3[C@H](C(=O)O)[C@H]4C=C[C@H]3CC4)csc2C1. The quantitative estimate of drug-likeness (QED) is 0.548. The summed E-state index contributed by atoms with van der Waals surface area (Å²) in [6.07, 6.45) is 8.44. The van der Waals surface area contributed by atoms with Crippen LogP contribution in [0.3, 0.4) is 0 Å². The number of rotatable bonds is 3. The Labute approximate surface area is 162 Å². The molecule has 144 valence electrons. The summed E-state index contributed by atoms with van der Waals surface area (Å²) in [7, 11) is 0. The first-order valence-electron chi connectivity index (χ1n) is 9.56. The van der Waals surface area contributed by atoms with Gasteiger partial charge in [0.25, 0.3) is 5.91 Å². The van der Waals surface area contributed by atoms with E-state index in [0.29, 0.717) is 11.5 Å². The lowest BCUT2D eigenvalue weighted by Gasteiger charge is -2.41. The van der Waals surface area contributed by atoms with E-state index in [0.717, 1.165) is 37.7 Å². The van der Waals surface area contributed by atoms with Crippen LogP contribution in [0.2, 0.25) is 0 Å². The van der Waals surface area contributed by atoms with Gasteiger partial charge in [0.2, 0.25) is 5.91 Å². The number of carbonyl (C=O) groups excluding carboxylic acids is 2. The number of hydrogen-bond acceptors (Lipinski definition) is 4. The Hall–Kier alpha value is -2.15. The molecular formula is C20H24N2O4S. The van der Waals surface area contributed by atoms with Crippen molar-refractivity contribution in [1.82, 2.24) is 10.9 Å². The van der Waals surface area contributed by atoms with Gasteiger partial charge in [0.15, 0.2) is 0 Å². The zero-order valence-electron chi connectivity index (χ0n) is 15.2. The highest BCUT2D eigenvalue weighted by molar-refractivity contribution is 7.10. The molecule has 4 aliphatic rings. The number of allylic oxidation sites excluding steroid dienone is 2. The van der Waals surface area contributed by atoms with Gasteiger partial charge in [-0.05, 0) is 55.4 Å². The number of fused-ring (bicyclic) bond motifs is 3. The predicted molar refractivity (Wildman–Crippen MR) is 101 cm³/mol. The first kappa shape index (κ1) is 18.2. The Balaban J connectivity index is 1.43. The number of carbonyl (C=O) groups is 3. The summed E-state index contributed by atoms with van der Waals surface area (Å²) in [6.45, 7) is 2.22. The Morgan fingerprint density at radius 2 is 1.78 bits per heavy atom. The third-order valence-corrected chi connectivity index (χ3v) is 7.33. The number of hydrogen-bond donors (Lipinski definition) is 3. The molecule has 0 aliphatic heterocycles. The number of carboxylic acids is 1. The number of carboxylic acid groups (broad SMARTS) is 1. The van der Waals surface area contributed by atoms with Crippen LogP contribution in [0.25, 0.3) is 0 Å². The van der Waals surface area contributed by atoms with Gasteiger partial charge < -0.3 is 5.11 Å².